The first kappa shape index (κ1) is 14.1. The van der Waals surface area contributed by atoms with Crippen LogP contribution in [0.25, 0.3) is 5.57 Å². The van der Waals surface area contributed by atoms with Gasteiger partial charge in [0.2, 0.25) is 0 Å². The molecule has 3 rings (SSSR count). The molecule has 0 aliphatic carbocycles. The lowest BCUT2D eigenvalue weighted by molar-refractivity contribution is -0.137. The number of nitrogens with zero attached hydrogens (tertiary/aromatic N) is 2. The van der Waals surface area contributed by atoms with Gasteiger partial charge >= 0.3 is 6.18 Å². The van der Waals surface area contributed by atoms with E-state index in [0.717, 1.165) is 12.5 Å². The summed E-state index contributed by atoms with van der Waals surface area (Å²) in [5, 5.41) is 2.00. The minimum Gasteiger partial charge on any atom is -0.352 e. The molecular formula is C15H13F3N2S. The predicted molar refractivity (Wildman–Crippen MR) is 78.4 cm³/mol. The van der Waals surface area contributed by atoms with Gasteiger partial charge in [-0.15, -0.1) is 11.3 Å². The number of hydrogen-bond acceptors (Lipinski definition) is 3. The maximum Gasteiger partial charge on any atom is 0.419 e. The topological polar surface area (TPSA) is 16.1 Å². The van der Waals surface area contributed by atoms with Crippen LogP contribution in [-0.2, 0) is 6.18 Å². The maximum absolute atomic E-state index is 13.0. The molecule has 0 saturated carbocycles. The molecule has 2 aromatic rings. The van der Waals surface area contributed by atoms with Crippen LogP contribution in [0.15, 0.2) is 41.9 Å². The van der Waals surface area contributed by atoms with E-state index in [2.05, 4.69) is 4.98 Å². The largest absolute Gasteiger partial charge is 0.419 e. The van der Waals surface area contributed by atoms with Crippen LogP contribution in [-0.4, -0.2) is 18.1 Å². The van der Waals surface area contributed by atoms with Crippen LogP contribution < -0.4 is 4.90 Å². The summed E-state index contributed by atoms with van der Waals surface area (Å²) in [6.07, 6.45) is -0.247. The molecule has 0 N–H and O–H groups in total. The minimum atomic E-state index is -4.37. The second-order valence-electron chi connectivity index (χ2n) is 4.78. The third-order valence-electron chi connectivity index (χ3n) is 3.44. The van der Waals surface area contributed by atoms with Gasteiger partial charge in [-0.2, -0.15) is 13.2 Å². The highest BCUT2D eigenvalue weighted by Gasteiger charge is 2.35. The molecule has 2 aromatic heterocycles. The molecule has 0 spiro atoms. The fourth-order valence-corrected chi connectivity index (χ4v) is 3.21. The second kappa shape index (κ2) is 5.52. The highest BCUT2D eigenvalue weighted by molar-refractivity contribution is 7.11. The fraction of sp³-hybridized carbons (Fsp3) is 0.267. The highest BCUT2D eigenvalue weighted by atomic mass is 32.1. The summed E-state index contributed by atoms with van der Waals surface area (Å²) in [5.74, 6) is 0.0199. The van der Waals surface area contributed by atoms with Gasteiger partial charge in [-0.3, -0.25) is 0 Å². The van der Waals surface area contributed by atoms with Gasteiger partial charge in [0.15, 0.2) is 0 Å². The van der Waals surface area contributed by atoms with Crippen molar-refractivity contribution in [3.05, 3.63) is 52.4 Å². The number of aromatic nitrogens is 1. The van der Waals surface area contributed by atoms with Gasteiger partial charge in [-0.05, 0) is 35.6 Å². The molecule has 2 nitrogen and oxygen atoms in total. The molecule has 0 atom stereocenters. The lowest BCUT2D eigenvalue weighted by atomic mass is 10.1. The summed E-state index contributed by atoms with van der Waals surface area (Å²) in [6, 6.07) is 6.42. The third-order valence-corrected chi connectivity index (χ3v) is 4.38. The Morgan fingerprint density at radius 3 is 2.67 bits per heavy atom. The monoisotopic (exact) mass is 310 g/mol. The van der Waals surface area contributed by atoms with E-state index in [-0.39, 0.29) is 5.82 Å². The number of pyridine rings is 1. The van der Waals surface area contributed by atoms with Gasteiger partial charge in [0.1, 0.15) is 5.82 Å². The summed E-state index contributed by atoms with van der Waals surface area (Å²) in [5.41, 5.74) is 0.531. The molecule has 0 unspecified atom stereocenters. The molecule has 1 aliphatic heterocycles. The zero-order valence-corrected chi connectivity index (χ0v) is 11.9. The number of thiophene rings is 1. The predicted octanol–water partition coefficient (Wildman–Crippen LogP) is 4.46. The quantitative estimate of drug-likeness (QED) is 0.814. The van der Waals surface area contributed by atoms with Crippen LogP contribution in [0.3, 0.4) is 0 Å². The minimum absolute atomic E-state index is 0.0199. The van der Waals surface area contributed by atoms with Crippen LogP contribution in [0.4, 0.5) is 19.0 Å². The number of alkyl halides is 3. The molecule has 0 aromatic carbocycles. The van der Waals surface area contributed by atoms with Crippen LogP contribution in [0, 0.1) is 0 Å². The second-order valence-corrected chi connectivity index (χ2v) is 5.72. The van der Waals surface area contributed by atoms with Crippen molar-refractivity contribution in [2.75, 3.05) is 18.0 Å². The molecule has 0 radical (unpaired) electrons. The standard InChI is InChI=1S/C15H13F3N2S/c16-15(17,18)12-3-1-7-19-14(12)20-8-5-11(6-9-20)13-4-2-10-21-13/h1-5,7,10H,6,8-9H2. The summed E-state index contributed by atoms with van der Waals surface area (Å²) in [6.45, 7) is 0.997. The lowest BCUT2D eigenvalue weighted by Gasteiger charge is -2.29. The molecule has 1 aliphatic rings. The average molecular weight is 310 g/mol. The van der Waals surface area contributed by atoms with Crippen molar-refractivity contribution < 1.29 is 13.2 Å². The maximum atomic E-state index is 13.0. The van der Waals surface area contributed by atoms with Crippen molar-refractivity contribution in [3.63, 3.8) is 0 Å². The number of halogens is 3. The molecule has 21 heavy (non-hydrogen) atoms. The van der Waals surface area contributed by atoms with Gasteiger partial charge in [-0.1, -0.05) is 12.1 Å². The molecule has 110 valence electrons. The zero-order valence-electron chi connectivity index (χ0n) is 11.1. The van der Waals surface area contributed by atoms with Crippen molar-refractivity contribution in [2.24, 2.45) is 0 Å². The summed E-state index contributed by atoms with van der Waals surface area (Å²) < 4.78 is 39.1. The summed E-state index contributed by atoms with van der Waals surface area (Å²) in [4.78, 5) is 6.80. The fourth-order valence-electron chi connectivity index (χ4n) is 2.42. The number of hydrogen-bond donors (Lipinski definition) is 0. The van der Waals surface area contributed by atoms with Gasteiger partial charge in [-0.25, -0.2) is 4.98 Å². The number of rotatable bonds is 2. The van der Waals surface area contributed by atoms with E-state index < -0.39 is 11.7 Å². The molecule has 3 heterocycles. The average Bonchev–Trinajstić information content (AvgIpc) is 3.01. The SMILES string of the molecule is FC(F)(F)c1cccnc1N1CC=C(c2cccs2)CC1. The van der Waals surface area contributed by atoms with Crippen LogP contribution in [0.1, 0.15) is 16.9 Å². The van der Waals surface area contributed by atoms with E-state index in [0.29, 0.717) is 13.1 Å². The van der Waals surface area contributed by atoms with Crippen molar-refractivity contribution in [2.45, 2.75) is 12.6 Å². The highest BCUT2D eigenvalue weighted by Crippen LogP contribution is 2.36. The third kappa shape index (κ3) is 2.95. The van der Waals surface area contributed by atoms with Crippen molar-refractivity contribution in [3.8, 4) is 0 Å². The first-order valence-corrected chi connectivity index (χ1v) is 7.44. The van der Waals surface area contributed by atoms with Crippen LogP contribution in [0.2, 0.25) is 0 Å². The van der Waals surface area contributed by atoms with E-state index in [1.165, 1.54) is 22.7 Å². The van der Waals surface area contributed by atoms with Crippen LogP contribution >= 0.6 is 11.3 Å². The van der Waals surface area contributed by atoms with E-state index >= 15 is 0 Å². The molecule has 0 fully saturated rings. The molecule has 0 saturated heterocycles. The molecule has 0 bridgehead atoms. The first-order chi connectivity index (χ1) is 10.1. The Morgan fingerprint density at radius 2 is 2.05 bits per heavy atom. The van der Waals surface area contributed by atoms with Crippen molar-refractivity contribution >= 4 is 22.7 Å². The van der Waals surface area contributed by atoms with Crippen molar-refractivity contribution in [1.29, 1.82) is 0 Å². The molecule has 0 amide bonds. The lowest BCUT2D eigenvalue weighted by Crippen LogP contribution is -2.31. The molecular weight excluding hydrogens is 297 g/mol. The Kier molecular flexibility index (Phi) is 3.71. The molecule has 6 heteroatoms. The van der Waals surface area contributed by atoms with Gasteiger partial charge in [0.05, 0.1) is 5.56 Å². The van der Waals surface area contributed by atoms with E-state index in [1.807, 2.05) is 23.6 Å². The van der Waals surface area contributed by atoms with Gasteiger partial charge in [0.25, 0.3) is 0 Å². The van der Waals surface area contributed by atoms with E-state index in [1.54, 1.807) is 16.2 Å². The van der Waals surface area contributed by atoms with E-state index in [9.17, 15) is 13.2 Å². The number of anilines is 1. The summed E-state index contributed by atoms with van der Waals surface area (Å²) in [7, 11) is 0. The Morgan fingerprint density at radius 1 is 1.19 bits per heavy atom. The van der Waals surface area contributed by atoms with Crippen molar-refractivity contribution in [1.82, 2.24) is 4.98 Å². The Hall–Kier alpha value is -1.82. The Labute approximate surface area is 124 Å². The summed E-state index contributed by atoms with van der Waals surface area (Å²) >= 11 is 1.65. The zero-order chi connectivity index (χ0) is 14.9. The van der Waals surface area contributed by atoms with Gasteiger partial charge in [0, 0.05) is 24.2 Å². The first-order valence-electron chi connectivity index (χ1n) is 6.56. The smallest absolute Gasteiger partial charge is 0.352 e. The van der Waals surface area contributed by atoms with E-state index in [4.69, 9.17) is 0 Å². The van der Waals surface area contributed by atoms with Crippen LogP contribution in [0.5, 0.6) is 0 Å². The van der Waals surface area contributed by atoms with Gasteiger partial charge < -0.3 is 4.90 Å². The Balaban J connectivity index is 1.85. The normalized spacial score (nSPS) is 16.0. The Bertz CT molecular complexity index is 647.